The first-order valence-electron chi connectivity index (χ1n) is 10.6. The van der Waals surface area contributed by atoms with Crippen LogP contribution in [0.1, 0.15) is 59.9 Å². The molecule has 1 saturated carbocycles. The Bertz CT molecular complexity index is 1080. The van der Waals surface area contributed by atoms with Crippen molar-refractivity contribution < 1.29 is 14.3 Å². The van der Waals surface area contributed by atoms with Crippen molar-refractivity contribution in [1.82, 2.24) is 9.88 Å². The van der Waals surface area contributed by atoms with Crippen molar-refractivity contribution in [3.63, 3.8) is 0 Å². The maximum atomic E-state index is 12.7. The van der Waals surface area contributed by atoms with Crippen LogP contribution in [0.5, 0.6) is 0 Å². The third kappa shape index (κ3) is 3.90. The van der Waals surface area contributed by atoms with Gasteiger partial charge in [0.2, 0.25) is 0 Å². The molecule has 3 aromatic rings. The van der Waals surface area contributed by atoms with E-state index in [0.717, 1.165) is 36.6 Å². The summed E-state index contributed by atoms with van der Waals surface area (Å²) in [6, 6.07) is 15.1. The Balaban J connectivity index is 1.69. The lowest BCUT2D eigenvalue weighted by Crippen LogP contribution is -2.36. The average Bonchev–Trinajstić information content (AvgIpc) is 3.14. The molecule has 1 aliphatic rings. The zero-order chi connectivity index (χ0) is 21.1. The Hall–Kier alpha value is -3.28. The molecule has 2 aromatic carbocycles. The average molecular weight is 405 g/mol. The van der Waals surface area contributed by atoms with Gasteiger partial charge in [-0.25, -0.2) is 4.79 Å². The first-order chi connectivity index (χ1) is 14.6. The summed E-state index contributed by atoms with van der Waals surface area (Å²) in [5.41, 5.74) is 9.13. The van der Waals surface area contributed by atoms with Gasteiger partial charge in [0.25, 0.3) is 5.91 Å². The minimum Gasteiger partial charge on any atom is -0.461 e. The van der Waals surface area contributed by atoms with Crippen LogP contribution < -0.4 is 11.1 Å². The van der Waals surface area contributed by atoms with Crippen LogP contribution in [-0.2, 0) is 4.74 Å². The molecule has 0 aliphatic heterocycles. The van der Waals surface area contributed by atoms with E-state index >= 15 is 0 Å². The van der Waals surface area contributed by atoms with Crippen LogP contribution >= 0.6 is 0 Å². The van der Waals surface area contributed by atoms with Crippen LogP contribution in [0.3, 0.4) is 0 Å². The number of nitrogens with zero attached hydrogens (tertiary/aromatic N) is 1. The highest BCUT2D eigenvalue weighted by atomic mass is 16.5. The molecule has 0 spiro atoms. The van der Waals surface area contributed by atoms with Gasteiger partial charge in [0.15, 0.2) is 0 Å². The number of para-hydroxylation sites is 1. The van der Waals surface area contributed by atoms with Crippen LogP contribution in [0.4, 0.5) is 5.69 Å². The van der Waals surface area contributed by atoms with Gasteiger partial charge in [0, 0.05) is 22.8 Å². The quantitative estimate of drug-likeness (QED) is 0.485. The smallest absolute Gasteiger partial charge is 0.355 e. The standard InChI is InChI=1S/C24H27N3O3/c1-2-30-24(29)22-14-16-8-6-7-11-21(16)27(22)18-12-13-19(20(25)15-18)23(28)26-17-9-4-3-5-10-17/h6-8,11-15,17H,2-5,9-10,25H2,1H3,(H,26,28). The maximum Gasteiger partial charge on any atom is 0.355 e. The summed E-state index contributed by atoms with van der Waals surface area (Å²) in [4.78, 5) is 25.3. The van der Waals surface area contributed by atoms with Crippen molar-refractivity contribution in [3.05, 3.63) is 59.8 Å². The fourth-order valence-corrected chi connectivity index (χ4v) is 4.19. The summed E-state index contributed by atoms with van der Waals surface area (Å²) in [5, 5.41) is 4.04. The maximum absolute atomic E-state index is 12.7. The molecule has 0 bridgehead atoms. The molecule has 4 rings (SSSR count). The van der Waals surface area contributed by atoms with Gasteiger partial charge in [-0.2, -0.15) is 0 Å². The zero-order valence-electron chi connectivity index (χ0n) is 17.2. The molecule has 1 aliphatic carbocycles. The molecule has 6 nitrogen and oxygen atoms in total. The Morgan fingerprint density at radius 3 is 2.60 bits per heavy atom. The van der Waals surface area contributed by atoms with Crippen LogP contribution in [0.25, 0.3) is 16.6 Å². The van der Waals surface area contributed by atoms with E-state index in [-0.39, 0.29) is 11.9 Å². The number of nitrogens with one attached hydrogen (secondary N) is 1. The van der Waals surface area contributed by atoms with Crippen LogP contribution in [0, 0.1) is 0 Å². The summed E-state index contributed by atoms with van der Waals surface area (Å²) in [6.45, 7) is 2.07. The number of benzene rings is 2. The van der Waals surface area contributed by atoms with Gasteiger partial charge in [-0.15, -0.1) is 0 Å². The lowest BCUT2D eigenvalue weighted by atomic mass is 9.95. The van der Waals surface area contributed by atoms with Gasteiger partial charge in [0.1, 0.15) is 5.69 Å². The van der Waals surface area contributed by atoms with Gasteiger partial charge in [-0.3, -0.25) is 4.79 Å². The number of ether oxygens (including phenoxy) is 1. The zero-order valence-corrected chi connectivity index (χ0v) is 17.2. The lowest BCUT2D eigenvalue weighted by molar-refractivity contribution is 0.0517. The molecule has 1 heterocycles. The summed E-state index contributed by atoms with van der Waals surface area (Å²) >= 11 is 0. The van der Waals surface area contributed by atoms with E-state index in [1.807, 2.05) is 41.0 Å². The number of carbonyl (C=O) groups excluding carboxylic acids is 2. The predicted octanol–water partition coefficient (Wildman–Crippen LogP) is 4.45. The first kappa shape index (κ1) is 20.0. The van der Waals surface area contributed by atoms with Crippen molar-refractivity contribution in [2.45, 2.75) is 45.1 Å². The molecule has 1 amide bonds. The van der Waals surface area contributed by atoms with Crippen LogP contribution in [-0.4, -0.2) is 29.1 Å². The van der Waals surface area contributed by atoms with E-state index in [1.54, 1.807) is 19.1 Å². The van der Waals surface area contributed by atoms with Crippen LogP contribution in [0.15, 0.2) is 48.5 Å². The van der Waals surface area contributed by atoms with Crippen molar-refractivity contribution in [2.24, 2.45) is 0 Å². The summed E-state index contributed by atoms with van der Waals surface area (Å²) in [6.07, 6.45) is 5.56. The van der Waals surface area contributed by atoms with Crippen molar-refractivity contribution in [2.75, 3.05) is 12.3 Å². The molecule has 0 radical (unpaired) electrons. The molecular weight excluding hydrogens is 378 g/mol. The molecule has 156 valence electrons. The number of hydrogen-bond donors (Lipinski definition) is 2. The fraction of sp³-hybridized carbons (Fsp3) is 0.333. The highest BCUT2D eigenvalue weighted by Crippen LogP contribution is 2.27. The van der Waals surface area contributed by atoms with E-state index in [2.05, 4.69) is 5.32 Å². The Kier molecular flexibility index (Phi) is 5.74. The van der Waals surface area contributed by atoms with Gasteiger partial charge in [-0.1, -0.05) is 37.5 Å². The molecule has 0 atom stereocenters. The third-order valence-electron chi connectivity index (χ3n) is 5.67. The molecule has 6 heteroatoms. The molecule has 0 saturated heterocycles. The van der Waals surface area contributed by atoms with Crippen molar-refractivity contribution in [1.29, 1.82) is 0 Å². The lowest BCUT2D eigenvalue weighted by Gasteiger charge is -2.23. The van der Waals surface area contributed by atoms with Crippen LogP contribution in [0.2, 0.25) is 0 Å². The second-order valence-corrected chi connectivity index (χ2v) is 7.72. The highest BCUT2D eigenvalue weighted by molar-refractivity contribution is 6.00. The van der Waals surface area contributed by atoms with E-state index < -0.39 is 5.97 Å². The monoisotopic (exact) mass is 405 g/mol. The number of esters is 1. The number of anilines is 1. The SMILES string of the molecule is CCOC(=O)c1cc2ccccc2n1-c1ccc(C(=O)NC2CCCCC2)c(N)c1. The van der Waals surface area contributed by atoms with E-state index in [4.69, 9.17) is 10.5 Å². The molecular formula is C24H27N3O3. The first-order valence-corrected chi connectivity index (χ1v) is 10.6. The minimum atomic E-state index is -0.397. The summed E-state index contributed by atoms with van der Waals surface area (Å²) in [5.74, 6) is -0.541. The molecule has 30 heavy (non-hydrogen) atoms. The van der Waals surface area contributed by atoms with Crippen molar-refractivity contribution >= 4 is 28.5 Å². The number of nitrogen functional groups attached to an aromatic ring is 1. The van der Waals surface area contributed by atoms with E-state index in [0.29, 0.717) is 29.2 Å². The largest absolute Gasteiger partial charge is 0.461 e. The van der Waals surface area contributed by atoms with Gasteiger partial charge < -0.3 is 20.4 Å². The summed E-state index contributed by atoms with van der Waals surface area (Å²) in [7, 11) is 0. The molecule has 1 aromatic heterocycles. The number of aromatic nitrogens is 1. The second kappa shape index (κ2) is 8.61. The number of hydrogen-bond acceptors (Lipinski definition) is 4. The second-order valence-electron chi connectivity index (χ2n) is 7.72. The topological polar surface area (TPSA) is 86.3 Å². The number of nitrogens with two attached hydrogens (primary N) is 1. The number of amides is 1. The Labute approximate surface area is 176 Å². The van der Waals surface area contributed by atoms with Crippen molar-refractivity contribution in [3.8, 4) is 5.69 Å². The molecule has 0 unspecified atom stereocenters. The van der Waals surface area contributed by atoms with Gasteiger partial charge >= 0.3 is 5.97 Å². The van der Waals surface area contributed by atoms with Gasteiger partial charge in [0.05, 0.1) is 17.7 Å². The fourth-order valence-electron chi connectivity index (χ4n) is 4.19. The van der Waals surface area contributed by atoms with E-state index in [1.165, 1.54) is 6.42 Å². The van der Waals surface area contributed by atoms with E-state index in [9.17, 15) is 9.59 Å². The third-order valence-corrected chi connectivity index (χ3v) is 5.67. The Morgan fingerprint density at radius 1 is 1.10 bits per heavy atom. The number of rotatable bonds is 5. The predicted molar refractivity (Wildman–Crippen MR) is 118 cm³/mol. The normalized spacial score (nSPS) is 14.6. The number of carbonyl (C=O) groups is 2. The molecule has 3 N–H and O–H groups in total. The highest BCUT2D eigenvalue weighted by Gasteiger charge is 2.21. The Morgan fingerprint density at radius 2 is 1.87 bits per heavy atom. The summed E-state index contributed by atoms with van der Waals surface area (Å²) < 4.78 is 7.07. The number of fused-ring (bicyclic) bond motifs is 1. The minimum absolute atomic E-state index is 0.145. The van der Waals surface area contributed by atoms with Gasteiger partial charge in [-0.05, 0) is 50.1 Å². The molecule has 1 fully saturated rings.